The van der Waals surface area contributed by atoms with E-state index < -0.39 is 5.60 Å². The van der Waals surface area contributed by atoms with Gasteiger partial charge >= 0.3 is 0 Å². The number of nitrogens with zero attached hydrogens (tertiary/aromatic N) is 2. The van der Waals surface area contributed by atoms with Gasteiger partial charge < -0.3 is 9.47 Å². The van der Waals surface area contributed by atoms with Gasteiger partial charge in [0, 0.05) is 36.6 Å². The first-order chi connectivity index (χ1) is 12.8. The second-order valence-electron chi connectivity index (χ2n) is 5.58. The molecule has 1 atom stereocenters. The van der Waals surface area contributed by atoms with Gasteiger partial charge in [0.15, 0.2) is 0 Å². The molecule has 0 bridgehead atoms. The van der Waals surface area contributed by atoms with E-state index in [0.717, 1.165) is 28.3 Å². The molecule has 1 aromatic carbocycles. The molecule has 132 valence electrons. The number of hydrogen-bond donors (Lipinski definition) is 0. The molecule has 0 saturated heterocycles. The molecule has 0 aliphatic rings. The molecule has 3 aromatic rings. The number of ether oxygens (including phenoxy) is 2. The van der Waals surface area contributed by atoms with Crippen LogP contribution in [0.25, 0.3) is 0 Å². The third-order valence-electron chi connectivity index (χ3n) is 4.15. The zero-order chi connectivity index (χ0) is 18.2. The molecular formula is C21H20N2O2S. The number of rotatable bonds is 6. The molecule has 4 nitrogen and oxygen atoms in total. The highest BCUT2D eigenvalue weighted by Gasteiger charge is 2.35. The first-order valence-electron chi connectivity index (χ1n) is 8.36. The number of hydrogen-bond acceptors (Lipinski definition) is 5. The highest BCUT2D eigenvalue weighted by Crippen LogP contribution is 2.38. The van der Waals surface area contributed by atoms with Crippen molar-refractivity contribution in [2.75, 3.05) is 13.7 Å². The second-order valence-corrected chi connectivity index (χ2v) is 6.47. The highest BCUT2D eigenvalue weighted by atomic mass is 32.1. The van der Waals surface area contributed by atoms with E-state index in [0.29, 0.717) is 6.61 Å². The minimum atomic E-state index is -0.559. The Morgan fingerprint density at radius 1 is 1.15 bits per heavy atom. The largest absolute Gasteiger partial charge is 0.481 e. The summed E-state index contributed by atoms with van der Waals surface area (Å²) in [4.78, 5) is 8.45. The fourth-order valence-corrected chi connectivity index (χ4v) is 3.69. The van der Waals surface area contributed by atoms with Gasteiger partial charge in [0.25, 0.3) is 0 Å². The predicted octanol–water partition coefficient (Wildman–Crippen LogP) is 4.27. The van der Waals surface area contributed by atoms with Crippen LogP contribution in [0.2, 0.25) is 0 Å². The average Bonchev–Trinajstić information content (AvgIpc) is 3.23. The Bertz CT molecular complexity index is 879. The maximum atomic E-state index is 5.91. The average molecular weight is 364 g/mol. The molecule has 1 unspecified atom stereocenters. The second kappa shape index (κ2) is 8.61. The van der Waals surface area contributed by atoms with Crippen LogP contribution in [0.1, 0.15) is 29.5 Å². The van der Waals surface area contributed by atoms with Gasteiger partial charge in [0.1, 0.15) is 23.0 Å². The highest BCUT2D eigenvalue weighted by molar-refractivity contribution is 7.09. The van der Waals surface area contributed by atoms with Gasteiger partial charge in [-0.3, -0.25) is 4.98 Å². The summed E-state index contributed by atoms with van der Waals surface area (Å²) < 4.78 is 11.7. The molecule has 3 rings (SSSR count). The van der Waals surface area contributed by atoms with Gasteiger partial charge in [-0.05, 0) is 36.2 Å². The Hall–Kier alpha value is -2.68. The van der Waals surface area contributed by atoms with E-state index in [1.165, 1.54) is 0 Å². The maximum absolute atomic E-state index is 5.91. The summed E-state index contributed by atoms with van der Waals surface area (Å²) in [6, 6.07) is 11.7. The summed E-state index contributed by atoms with van der Waals surface area (Å²) in [6.07, 6.45) is 6.03. The Morgan fingerprint density at radius 2 is 2.00 bits per heavy atom. The first kappa shape index (κ1) is 18.1. The molecule has 0 fully saturated rings. The van der Waals surface area contributed by atoms with Gasteiger partial charge in [-0.2, -0.15) is 0 Å². The van der Waals surface area contributed by atoms with E-state index in [1.807, 2.05) is 41.8 Å². The van der Waals surface area contributed by atoms with Crippen molar-refractivity contribution in [2.45, 2.75) is 18.9 Å². The topological polar surface area (TPSA) is 44.2 Å². The predicted molar refractivity (Wildman–Crippen MR) is 103 cm³/mol. The van der Waals surface area contributed by atoms with Gasteiger partial charge in [0.2, 0.25) is 0 Å². The lowest BCUT2D eigenvalue weighted by Crippen LogP contribution is -2.29. The lowest BCUT2D eigenvalue weighted by molar-refractivity contribution is 0.0182. The Morgan fingerprint density at radius 3 is 2.69 bits per heavy atom. The molecule has 0 radical (unpaired) electrons. The van der Waals surface area contributed by atoms with Crippen molar-refractivity contribution in [1.29, 1.82) is 0 Å². The summed E-state index contributed by atoms with van der Waals surface area (Å²) in [5.74, 6) is 6.84. The molecule has 2 heterocycles. The van der Waals surface area contributed by atoms with Crippen molar-refractivity contribution in [3.8, 4) is 17.6 Å². The number of pyridine rings is 1. The molecule has 2 aromatic heterocycles. The third-order valence-corrected chi connectivity index (χ3v) is 5.06. The van der Waals surface area contributed by atoms with Gasteiger partial charge in [-0.25, -0.2) is 4.98 Å². The molecule has 0 amide bonds. The van der Waals surface area contributed by atoms with Gasteiger partial charge in [-0.15, -0.1) is 11.3 Å². The fourth-order valence-electron chi connectivity index (χ4n) is 2.78. The van der Waals surface area contributed by atoms with Crippen molar-refractivity contribution in [1.82, 2.24) is 9.97 Å². The summed E-state index contributed by atoms with van der Waals surface area (Å²) in [6.45, 7) is 2.41. The summed E-state index contributed by atoms with van der Waals surface area (Å²) in [5.41, 5.74) is 1.39. The minimum absolute atomic E-state index is 0.315. The molecule has 0 N–H and O–H groups in total. The smallest absolute Gasteiger partial charge is 0.149 e. The standard InChI is InChI=1S/C21H20N2O2S/c1-3-21(24-2,20-23-13-15-26-20)18-7-4-8-19(16-18)25-14-5-6-17-9-11-22-12-10-17/h4,7-13,15-16H,3,14H2,1-2H3. The molecule has 0 spiro atoms. The Labute approximate surface area is 157 Å². The van der Waals surface area contributed by atoms with Crippen LogP contribution in [-0.4, -0.2) is 23.7 Å². The SMILES string of the molecule is CCC(OC)(c1cccc(OCC#Cc2ccncc2)c1)c1nccs1. The molecule has 0 saturated carbocycles. The zero-order valence-corrected chi connectivity index (χ0v) is 15.6. The molecule has 0 aliphatic carbocycles. The number of thiazole rings is 1. The van der Waals surface area contributed by atoms with Gasteiger partial charge in [0.05, 0.1) is 0 Å². The monoisotopic (exact) mass is 364 g/mol. The van der Waals surface area contributed by atoms with Crippen LogP contribution in [0.5, 0.6) is 5.75 Å². The van der Waals surface area contributed by atoms with Crippen molar-refractivity contribution < 1.29 is 9.47 Å². The van der Waals surface area contributed by atoms with Crippen LogP contribution in [0.15, 0.2) is 60.4 Å². The summed E-state index contributed by atoms with van der Waals surface area (Å²) in [5, 5.41) is 2.91. The molecule has 26 heavy (non-hydrogen) atoms. The summed E-state index contributed by atoms with van der Waals surface area (Å²) >= 11 is 1.59. The van der Waals surface area contributed by atoms with Crippen LogP contribution < -0.4 is 4.74 Å². The van der Waals surface area contributed by atoms with Crippen LogP contribution in [0.3, 0.4) is 0 Å². The number of aromatic nitrogens is 2. The Kier molecular flexibility index (Phi) is 6.00. The lowest BCUT2D eigenvalue weighted by atomic mass is 9.91. The van der Waals surface area contributed by atoms with Crippen molar-refractivity contribution in [3.05, 3.63) is 76.5 Å². The number of benzene rings is 1. The van der Waals surface area contributed by atoms with Crippen molar-refractivity contribution in [3.63, 3.8) is 0 Å². The van der Waals surface area contributed by atoms with Gasteiger partial charge in [-0.1, -0.05) is 30.9 Å². The normalized spacial score (nSPS) is 12.7. The van der Waals surface area contributed by atoms with E-state index in [4.69, 9.17) is 9.47 Å². The summed E-state index contributed by atoms with van der Waals surface area (Å²) in [7, 11) is 1.72. The van der Waals surface area contributed by atoms with Crippen LogP contribution in [0, 0.1) is 11.8 Å². The first-order valence-corrected chi connectivity index (χ1v) is 9.24. The van der Waals surface area contributed by atoms with E-state index in [-0.39, 0.29) is 0 Å². The molecule has 5 heteroatoms. The maximum Gasteiger partial charge on any atom is 0.149 e. The van der Waals surface area contributed by atoms with Crippen LogP contribution in [-0.2, 0) is 10.3 Å². The number of methoxy groups -OCH3 is 1. The van der Waals surface area contributed by atoms with E-state index in [2.05, 4.69) is 28.7 Å². The van der Waals surface area contributed by atoms with E-state index in [9.17, 15) is 0 Å². The molecule has 0 aliphatic heterocycles. The van der Waals surface area contributed by atoms with Crippen LogP contribution >= 0.6 is 11.3 Å². The molecular weight excluding hydrogens is 344 g/mol. The Balaban J connectivity index is 1.76. The van der Waals surface area contributed by atoms with E-state index >= 15 is 0 Å². The quantitative estimate of drug-likeness (QED) is 0.613. The fraction of sp³-hybridized carbons (Fsp3) is 0.238. The van der Waals surface area contributed by atoms with Crippen molar-refractivity contribution >= 4 is 11.3 Å². The lowest BCUT2D eigenvalue weighted by Gasteiger charge is -2.30. The van der Waals surface area contributed by atoms with Crippen molar-refractivity contribution in [2.24, 2.45) is 0 Å². The van der Waals surface area contributed by atoms with E-state index in [1.54, 1.807) is 37.0 Å². The third kappa shape index (κ3) is 3.93. The zero-order valence-electron chi connectivity index (χ0n) is 14.8. The minimum Gasteiger partial charge on any atom is -0.481 e. The van der Waals surface area contributed by atoms with Crippen LogP contribution in [0.4, 0.5) is 0 Å².